The van der Waals surface area contributed by atoms with Crippen molar-refractivity contribution in [2.75, 3.05) is 0 Å². The molecule has 0 atom stereocenters. The molecule has 0 unspecified atom stereocenters. The quantitative estimate of drug-likeness (QED) is 0.440. The summed E-state index contributed by atoms with van der Waals surface area (Å²) < 4.78 is 10.7. The van der Waals surface area contributed by atoms with Crippen molar-refractivity contribution in [1.82, 2.24) is 15.6 Å². The first kappa shape index (κ1) is 19.4. The number of nitrogens with zero attached hydrogens (tertiary/aromatic N) is 1. The van der Waals surface area contributed by atoms with Crippen molar-refractivity contribution in [3.63, 3.8) is 0 Å². The predicted molar refractivity (Wildman–Crippen MR) is 112 cm³/mol. The van der Waals surface area contributed by atoms with E-state index in [-0.39, 0.29) is 12.2 Å². The summed E-state index contributed by atoms with van der Waals surface area (Å²) >= 11 is 1.51. The molecule has 7 nitrogen and oxygen atoms in total. The van der Waals surface area contributed by atoms with Crippen LogP contribution in [0.1, 0.15) is 21.8 Å². The minimum Gasteiger partial charge on any atom is -0.465 e. The molecule has 150 valence electrons. The Kier molecular flexibility index (Phi) is 5.86. The van der Waals surface area contributed by atoms with Gasteiger partial charge in [0.25, 0.3) is 11.8 Å². The maximum absolute atomic E-state index is 12.8. The van der Waals surface area contributed by atoms with Crippen molar-refractivity contribution in [2.24, 2.45) is 0 Å². The number of benzene rings is 1. The van der Waals surface area contributed by atoms with E-state index < -0.39 is 11.8 Å². The highest BCUT2D eigenvalue weighted by Crippen LogP contribution is 2.23. The summed E-state index contributed by atoms with van der Waals surface area (Å²) in [5.74, 6) is 0.0641. The van der Waals surface area contributed by atoms with Crippen LogP contribution in [0.15, 0.2) is 87.0 Å². The van der Waals surface area contributed by atoms with Crippen molar-refractivity contribution in [1.29, 1.82) is 0 Å². The minimum absolute atomic E-state index is 0.0563. The number of thiophene rings is 1. The molecule has 0 saturated heterocycles. The highest BCUT2D eigenvalue weighted by atomic mass is 32.1. The van der Waals surface area contributed by atoms with Gasteiger partial charge in [-0.05, 0) is 35.7 Å². The first-order valence-electron chi connectivity index (χ1n) is 9.07. The van der Waals surface area contributed by atoms with E-state index in [1.807, 2.05) is 23.6 Å². The zero-order chi connectivity index (χ0) is 20.8. The van der Waals surface area contributed by atoms with Crippen LogP contribution in [0.25, 0.3) is 16.8 Å². The van der Waals surface area contributed by atoms with E-state index >= 15 is 0 Å². The number of amides is 2. The number of oxazole rings is 1. The Bertz CT molecular complexity index is 1150. The van der Waals surface area contributed by atoms with E-state index in [0.29, 0.717) is 22.9 Å². The summed E-state index contributed by atoms with van der Waals surface area (Å²) in [6.07, 6.45) is 4.45. The minimum atomic E-state index is -0.476. The third-order valence-corrected chi connectivity index (χ3v) is 4.93. The van der Waals surface area contributed by atoms with Crippen LogP contribution in [0.2, 0.25) is 0 Å². The Morgan fingerprint density at radius 2 is 1.90 bits per heavy atom. The van der Waals surface area contributed by atoms with E-state index in [1.165, 1.54) is 29.9 Å². The first-order chi connectivity index (χ1) is 14.7. The van der Waals surface area contributed by atoms with Gasteiger partial charge in [-0.3, -0.25) is 9.59 Å². The van der Waals surface area contributed by atoms with Crippen LogP contribution < -0.4 is 10.6 Å². The fourth-order valence-corrected chi connectivity index (χ4v) is 3.28. The molecule has 2 amide bonds. The molecule has 0 spiro atoms. The maximum atomic E-state index is 12.8. The zero-order valence-electron chi connectivity index (χ0n) is 15.7. The fraction of sp³-hybridized carbons (Fsp3) is 0.0455. The standard InChI is InChI=1S/C22H17N3O4S/c26-20(15-6-2-1-3-7-15)25-18(12-17-8-4-10-28-17)21(27)23-13-16-14-29-22(24-16)19-9-5-11-30-19/h1-12,14H,13H2,(H,23,27)(H,25,26)/b18-12-. The molecular formula is C22H17N3O4S. The molecule has 4 rings (SSSR count). The summed E-state index contributed by atoms with van der Waals surface area (Å²) in [6, 6.07) is 15.8. The van der Waals surface area contributed by atoms with Gasteiger partial charge in [-0.2, -0.15) is 0 Å². The monoisotopic (exact) mass is 419 g/mol. The van der Waals surface area contributed by atoms with E-state index in [2.05, 4.69) is 15.6 Å². The van der Waals surface area contributed by atoms with Gasteiger partial charge in [0.05, 0.1) is 23.4 Å². The average molecular weight is 419 g/mol. The number of rotatable bonds is 7. The molecule has 0 bridgehead atoms. The Balaban J connectivity index is 1.46. The van der Waals surface area contributed by atoms with Gasteiger partial charge in [-0.15, -0.1) is 11.3 Å². The average Bonchev–Trinajstić information content (AvgIpc) is 3.54. The molecule has 30 heavy (non-hydrogen) atoms. The van der Waals surface area contributed by atoms with Gasteiger partial charge in [-0.25, -0.2) is 4.98 Å². The molecular weight excluding hydrogens is 402 g/mol. The van der Waals surface area contributed by atoms with Gasteiger partial charge < -0.3 is 19.5 Å². The molecule has 3 heterocycles. The summed E-state index contributed by atoms with van der Waals surface area (Å²) in [6.45, 7) is 0.143. The van der Waals surface area contributed by atoms with Crippen LogP contribution in [0.3, 0.4) is 0 Å². The molecule has 0 aliphatic heterocycles. The number of hydrogen-bond acceptors (Lipinski definition) is 6. The van der Waals surface area contributed by atoms with Gasteiger partial charge in [-0.1, -0.05) is 24.3 Å². The topological polar surface area (TPSA) is 97.4 Å². The third-order valence-electron chi connectivity index (χ3n) is 4.07. The number of carbonyl (C=O) groups is 2. The molecule has 8 heteroatoms. The Hall–Kier alpha value is -3.91. The number of nitrogens with one attached hydrogen (secondary N) is 2. The molecule has 0 radical (unpaired) electrons. The summed E-state index contributed by atoms with van der Waals surface area (Å²) in [7, 11) is 0. The number of carbonyl (C=O) groups excluding carboxylic acids is 2. The van der Waals surface area contributed by atoms with Crippen LogP contribution in [-0.2, 0) is 11.3 Å². The van der Waals surface area contributed by atoms with E-state index in [0.717, 1.165) is 4.88 Å². The summed E-state index contributed by atoms with van der Waals surface area (Å²) in [5, 5.41) is 7.32. The molecule has 4 aromatic rings. The van der Waals surface area contributed by atoms with Crippen molar-refractivity contribution in [2.45, 2.75) is 6.54 Å². The van der Waals surface area contributed by atoms with Gasteiger partial charge in [0, 0.05) is 11.6 Å². The molecule has 0 aliphatic rings. The lowest BCUT2D eigenvalue weighted by Gasteiger charge is -2.10. The Morgan fingerprint density at radius 3 is 2.63 bits per heavy atom. The lowest BCUT2D eigenvalue weighted by atomic mass is 10.2. The largest absolute Gasteiger partial charge is 0.465 e. The second-order valence-corrected chi connectivity index (χ2v) is 7.15. The highest BCUT2D eigenvalue weighted by Gasteiger charge is 2.16. The lowest BCUT2D eigenvalue weighted by Crippen LogP contribution is -2.34. The predicted octanol–water partition coefficient (Wildman–Crippen LogP) is 4.08. The van der Waals surface area contributed by atoms with Crippen LogP contribution >= 0.6 is 11.3 Å². The molecule has 2 N–H and O–H groups in total. The van der Waals surface area contributed by atoms with Crippen LogP contribution in [0.5, 0.6) is 0 Å². The van der Waals surface area contributed by atoms with Crippen molar-refractivity contribution in [3.05, 3.63) is 95.2 Å². The Morgan fingerprint density at radius 1 is 1.03 bits per heavy atom. The molecule has 0 aliphatic carbocycles. The van der Waals surface area contributed by atoms with Crippen LogP contribution in [-0.4, -0.2) is 16.8 Å². The zero-order valence-corrected chi connectivity index (χ0v) is 16.5. The smallest absolute Gasteiger partial charge is 0.268 e. The number of furan rings is 1. The van der Waals surface area contributed by atoms with Gasteiger partial charge in [0.15, 0.2) is 0 Å². The fourth-order valence-electron chi connectivity index (χ4n) is 2.63. The molecule has 1 aromatic carbocycles. The Labute approximate surface area is 176 Å². The maximum Gasteiger partial charge on any atom is 0.268 e. The normalized spacial score (nSPS) is 11.3. The third kappa shape index (κ3) is 4.73. The van der Waals surface area contributed by atoms with Gasteiger partial charge >= 0.3 is 0 Å². The van der Waals surface area contributed by atoms with E-state index in [4.69, 9.17) is 8.83 Å². The molecule has 0 fully saturated rings. The van der Waals surface area contributed by atoms with Crippen LogP contribution in [0.4, 0.5) is 0 Å². The lowest BCUT2D eigenvalue weighted by molar-refractivity contribution is -0.117. The van der Waals surface area contributed by atoms with Gasteiger partial charge in [0.2, 0.25) is 5.89 Å². The van der Waals surface area contributed by atoms with Crippen LogP contribution in [0, 0.1) is 0 Å². The summed E-state index contributed by atoms with van der Waals surface area (Å²) in [4.78, 5) is 30.5. The number of hydrogen-bond donors (Lipinski definition) is 2. The first-order valence-corrected chi connectivity index (χ1v) is 9.95. The SMILES string of the molecule is O=C(NCc1coc(-c2cccs2)n1)/C(=C/c1ccco1)NC(=O)c1ccccc1. The second-order valence-electron chi connectivity index (χ2n) is 6.20. The van der Waals surface area contributed by atoms with E-state index in [1.54, 1.807) is 36.4 Å². The summed E-state index contributed by atoms with van der Waals surface area (Å²) in [5.41, 5.74) is 1.06. The highest BCUT2D eigenvalue weighted by molar-refractivity contribution is 7.13. The molecule has 3 aromatic heterocycles. The number of aromatic nitrogens is 1. The van der Waals surface area contributed by atoms with Crippen molar-refractivity contribution in [3.8, 4) is 10.8 Å². The van der Waals surface area contributed by atoms with E-state index in [9.17, 15) is 9.59 Å². The molecule has 0 saturated carbocycles. The van der Waals surface area contributed by atoms with Crippen molar-refractivity contribution < 1.29 is 18.4 Å². The van der Waals surface area contributed by atoms with Crippen molar-refractivity contribution >= 4 is 29.2 Å². The van der Waals surface area contributed by atoms with Gasteiger partial charge in [0.1, 0.15) is 17.7 Å². The second kappa shape index (κ2) is 9.06.